The minimum Gasteiger partial charge on any atom is -0.489 e. The molecule has 3 aromatic carbocycles. The number of fused-ring (bicyclic) bond motifs is 2. The highest BCUT2D eigenvalue weighted by atomic mass is 32.2. The molecule has 6 heterocycles. The van der Waals surface area contributed by atoms with Crippen LogP contribution in [0.15, 0.2) is 84.0 Å². The fourth-order valence-corrected chi connectivity index (χ4v) is 11.8. The van der Waals surface area contributed by atoms with Crippen molar-refractivity contribution in [1.82, 2.24) is 24.5 Å². The molecule has 67 heavy (non-hydrogen) atoms. The normalized spacial score (nSPS) is 21.5. The number of piperidine rings is 1. The zero-order chi connectivity index (χ0) is 46.3. The number of amides is 1. The van der Waals surface area contributed by atoms with Crippen LogP contribution >= 0.6 is 0 Å². The summed E-state index contributed by atoms with van der Waals surface area (Å²) < 4.78 is 53.8. The molecular formula is C49H58N8O9S. The Labute approximate surface area is 390 Å². The summed E-state index contributed by atoms with van der Waals surface area (Å²) in [5.41, 5.74) is 4.17. The van der Waals surface area contributed by atoms with E-state index in [1.165, 1.54) is 23.4 Å². The molecule has 1 unspecified atom stereocenters. The number of carbonyl (C=O) groups is 1. The largest absolute Gasteiger partial charge is 0.489 e. The molecule has 2 aromatic heterocycles. The van der Waals surface area contributed by atoms with Crippen molar-refractivity contribution in [2.24, 2.45) is 5.41 Å². The van der Waals surface area contributed by atoms with Crippen molar-refractivity contribution in [1.29, 1.82) is 0 Å². The third-order valence-corrected chi connectivity index (χ3v) is 15.7. The molecule has 1 saturated carbocycles. The second-order valence-electron chi connectivity index (χ2n) is 18.9. The van der Waals surface area contributed by atoms with Crippen molar-refractivity contribution in [3.63, 3.8) is 0 Å². The van der Waals surface area contributed by atoms with E-state index >= 15 is 0 Å². The topological polar surface area (TPSA) is 194 Å². The minimum atomic E-state index is -4.65. The van der Waals surface area contributed by atoms with Crippen LogP contribution in [0.1, 0.15) is 79.4 Å². The van der Waals surface area contributed by atoms with E-state index in [1.54, 1.807) is 24.4 Å². The number of morpholine rings is 1. The Bertz CT molecular complexity index is 2740. The highest BCUT2D eigenvalue weighted by Crippen LogP contribution is 2.53. The van der Waals surface area contributed by atoms with Crippen molar-refractivity contribution in [2.45, 2.75) is 74.9 Å². The predicted molar refractivity (Wildman–Crippen MR) is 253 cm³/mol. The van der Waals surface area contributed by atoms with Gasteiger partial charge in [0.15, 0.2) is 11.4 Å². The van der Waals surface area contributed by atoms with Gasteiger partial charge in [-0.1, -0.05) is 38.1 Å². The van der Waals surface area contributed by atoms with Crippen molar-refractivity contribution in [2.75, 3.05) is 82.5 Å². The van der Waals surface area contributed by atoms with Gasteiger partial charge in [0.2, 0.25) is 0 Å². The molecule has 3 saturated heterocycles. The Hall–Kier alpha value is -5.79. The molecule has 0 radical (unpaired) electrons. The second kappa shape index (κ2) is 18.7. The van der Waals surface area contributed by atoms with Crippen LogP contribution in [-0.2, 0) is 19.5 Å². The maximum absolute atomic E-state index is 14.1. The van der Waals surface area contributed by atoms with Gasteiger partial charge in [0.1, 0.15) is 23.8 Å². The summed E-state index contributed by atoms with van der Waals surface area (Å²) in [7, 11) is -4.65. The monoisotopic (exact) mass is 934 g/mol. The number of nitrogens with zero attached hydrogens (tertiary/aromatic N) is 5. The molecule has 18 heteroatoms. The summed E-state index contributed by atoms with van der Waals surface area (Å²) >= 11 is 0. The molecular weight excluding hydrogens is 877 g/mol. The number of rotatable bonds is 12. The van der Waals surface area contributed by atoms with Gasteiger partial charge in [0.25, 0.3) is 21.6 Å². The fraction of sp³-hybridized carbons (Fsp3) is 0.469. The second-order valence-corrected chi connectivity index (χ2v) is 20.6. The van der Waals surface area contributed by atoms with Crippen LogP contribution in [0.25, 0.3) is 11.0 Å². The third-order valence-electron chi connectivity index (χ3n) is 14.4. The van der Waals surface area contributed by atoms with Crippen LogP contribution in [0, 0.1) is 15.5 Å². The van der Waals surface area contributed by atoms with Crippen LogP contribution in [0.4, 0.5) is 17.1 Å². The van der Waals surface area contributed by atoms with E-state index in [4.69, 9.17) is 18.9 Å². The fourth-order valence-electron chi connectivity index (χ4n) is 10.8. The van der Waals surface area contributed by atoms with Crippen LogP contribution < -0.4 is 24.4 Å². The molecule has 354 valence electrons. The zero-order valence-electron chi connectivity index (χ0n) is 37.9. The third kappa shape index (κ3) is 9.41. The molecule has 1 amide bonds. The number of nitro benzene ring substituents is 1. The number of anilines is 2. The molecule has 3 N–H and O–H groups in total. The van der Waals surface area contributed by atoms with E-state index < -0.39 is 31.4 Å². The number of aromatic amines is 1. The lowest BCUT2D eigenvalue weighted by Crippen LogP contribution is -2.56. The van der Waals surface area contributed by atoms with Crippen molar-refractivity contribution >= 4 is 44.0 Å². The van der Waals surface area contributed by atoms with E-state index in [2.05, 4.69) is 72.8 Å². The first-order valence-electron chi connectivity index (χ1n) is 23.4. The van der Waals surface area contributed by atoms with Gasteiger partial charge in [-0.15, -0.1) is 0 Å². The summed E-state index contributed by atoms with van der Waals surface area (Å²) in [4.78, 5) is 40.0. The van der Waals surface area contributed by atoms with Gasteiger partial charge in [-0.3, -0.25) is 24.7 Å². The maximum atomic E-state index is 14.1. The molecule has 1 aliphatic carbocycles. The summed E-state index contributed by atoms with van der Waals surface area (Å²) in [6, 6.07) is 20.4. The first kappa shape index (κ1) is 45.0. The first-order valence-corrected chi connectivity index (χ1v) is 24.9. The number of nitro groups is 1. The molecule has 17 nitrogen and oxygen atoms in total. The molecule has 1 spiro atoms. The van der Waals surface area contributed by atoms with E-state index in [9.17, 15) is 23.3 Å². The molecule has 4 fully saturated rings. The molecule has 2 atom stereocenters. The van der Waals surface area contributed by atoms with Gasteiger partial charge >= 0.3 is 0 Å². The summed E-state index contributed by atoms with van der Waals surface area (Å²) in [6.45, 7) is 12.0. The molecule has 5 aromatic rings. The number of pyridine rings is 1. The maximum Gasteiger partial charge on any atom is 0.297 e. The standard InChI is InChI=1S/C49H58N8O9S/c1-32(2)39-5-3-4-6-40(39)42-10-19-63-22-18-56(42)36-27-49(28-36)11-14-55(15-12-49)35-7-8-41(44(24-35)66-37-23-33-9-13-50-47(33)51-29-37)48(58)53-67(61,62)38-25-43(57(59)60)46-45(26-38)65-31-34(52-46)30-54-16-20-64-21-17-54/h3-9,13,23-26,29,32,34,36,42,52H,10-12,14-22,27-28,30-31H2,1-2H3,(H,50,51)(H,53,58)/t34-,42?/m0/s1. The highest BCUT2D eigenvalue weighted by molar-refractivity contribution is 7.90. The highest BCUT2D eigenvalue weighted by Gasteiger charge is 2.49. The van der Waals surface area contributed by atoms with Crippen LogP contribution in [0.5, 0.6) is 17.2 Å². The smallest absolute Gasteiger partial charge is 0.297 e. The number of carbonyl (C=O) groups excluding carboxylic acids is 1. The summed E-state index contributed by atoms with van der Waals surface area (Å²) in [6.07, 6.45) is 8.61. The predicted octanol–water partition coefficient (Wildman–Crippen LogP) is 7.22. The number of benzene rings is 3. The first-order chi connectivity index (χ1) is 32.4. The van der Waals surface area contributed by atoms with Gasteiger partial charge in [-0.25, -0.2) is 18.1 Å². The van der Waals surface area contributed by atoms with Gasteiger partial charge in [0.05, 0.1) is 47.4 Å². The molecule has 4 aliphatic heterocycles. The SMILES string of the molecule is CC(C)c1ccccc1C1CCOCCN1C1CC2(CCN(c3ccc(C(=O)NS(=O)(=O)c4cc5c(c([N+](=O)[O-])c4)N[C@@H](CN4CCOCC4)CO5)c(Oc4cnc5[nH]ccc5c4)c3)CC2)C1. The number of sulfonamides is 1. The number of hydrogen-bond donors (Lipinski definition) is 3. The zero-order valence-corrected chi connectivity index (χ0v) is 38.8. The van der Waals surface area contributed by atoms with E-state index in [0.717, 1.165) is 95.2 Å². The number of nitrogens with one attached hydrogen (secondary N) is 3. The van der Waals surface area contributed by atoms with Crippen molar-refractivity contribution in [3.05, 3.63) is 106 Å². The van der Waals surface area contributed by atoms with Gasteiger partial charge in [0, 0.05) is 93.4 Å². The number of hydrogen-bond acceptors (Lipinski definition) is 14. The van der Waals surface area contributed by atoms with Crippen molar-refractivity contribution < 1.29 is 37.1 Å². The minimum absolute atomic E-state index is 0.00941. The van der Waals surface area contributed by atoms with Crippen LogP contribution in [0.3, 0.4) is 0 Å². The van der Waals surface area contributed by atoms with E-state index in [0.29, 0.717) is 49.2 Å². The van der Waals surface area contributed by atoms with Crippen LogP contribution in [0.2, 0.25) is 0 Å². The number of ether oxygens (including phenoxy) is 4. The van der Waals surface area contributed by atoms with E-state index in [1.807, 2.05) is 12.1 Å². The quantitative estimate of drug-likeness (QED) is 0.0838. The lowest BCUT2D eigenvalue weighted by Gasteiger charge is -2.56. The van der Waals surface area contributed by atoms with Gasteiger partial charge in [-0.2, -0.15) is 0 Å². The molecule has 5 aliphatic rings. The Balaban J connectivity index is 0.856. The van der Waals surface area contributed by atoms with Crippen molar-refractivity contribution in [3.8, 4) is 17.2 Å². The van der Waals surface area contributed by atoms with Gasteiger partial charge in [-0.05, 0) is 78.8 Å². The molecule has 10 rings (SSSR count). The average molecular weight is 935 g/mol. The summed E-state index contributed by atoms with van der Waals surface area (Å²) in [5, 5.41) is 16.3. The molecule has 0 bridgehead atoms. The van der Waals surface area contributed by atoms with Gasteiger partial charge < -0.3 is 34.1 Å². The van der Waals surface area contributed by atoms with Crippen LogP contribution in [-0.4, -0.2) is 123 Å². The average Bonchev–Trinajstić information content (AvgIpc) is 3.65. The summed E-state index contributed by atoms with van der Waals surface area (Å²) in [5.74, 6) is -0.0176. The lowest BCUT2D eigenvalue weighted by molar-refractivity contribution is -0.384. The Morgan fingerprint density at radius 2 is 1.76 bits per heavy atom. The van der Waals surface area contributed by atoms with E-state index in [-0.39, 0.29) is 40.8 Å². The Kier molecular flexibility index (Phi) is 12.6. The Morgan fingerprint density at radius 1 is 0.985 bits per heavy atom. The lowest BCUT2D eigenvalue weighted by atomic mass is 9.59. The Morgan fingerprint density at radius 3 is 2.55 bits per heavy atom. The number of H-pyrrole nitrogens is 1. The number of aromatic nitrogens is 2.